The number of carbonyl (C=O) groups excluding carboxylic acids is 2. The van der Waals surface area contributed by atoms with Gasteiger partial charge in [0.25, 0.3) is 0 Å². The van der Waals surface area contributed by atoms with E-state index in [2.05, 4.69) is 10.1 Å². The molecule has 1 fully saturated rings. The molecule has 0 radical (unpaired) electrons. The van der Waals surface area contributed by atoms with Crippen LogP contribution in [0.5, 0.6) is 5.75 Å². The van der Waals surface area contributed by atoms with Crippen LogP contribution in [0.4, 0.5) is 14.5 Å². The largest absolute Gasteiger partial charge is 0.433 e. The van der Waals surface area contributed by atoms with E-state index in [-0.39, 0.29) is 54.0 Å². The number of benzene rings is 2. The van der Waals surface area contributed by atoms with Gasteiger partial charge in [0.15, 0.2) is 5.78 Å². The lowest BCUT2D eigenvalue weighted by Crippen LogP contribution is -2.41. The van der Waals surface area contributed by atoms with Gasteiger partial charge >= 0.3 is 6.61 Å². The zero-order valence-electron chi connectivity index (χ0n) is 16.8. The molecule has 1 aliphatic heterocycles. The number of halogens is 2. The number of amides is 1. The number of anilines is 1. The van der Waals surface area contributed by atoms with E-state index >= 15 is 0 Å². The first-order chi connectivity index (χ1) is 14.7. The summed E-state index contributed by atoms with van der Waals surface area (Å²) in [6.07, 6.45) is 0.572. The van der Waals surface area contributed by atoms with Crippen molar-refractivity contribution in [1.82, 2.24) is 4.31 Å². The van der Waals surface area contributed by atoms with E-state index in [0.29, 0.717) is 5.56 Å². The minimum atomic E-state index is -3.75. The number of sulfonamides is 1. The quantitative estimate of drug-likeness (QED) is 0.649. The molecule has 0 aliphatic carbocycles. The highest BCUT2D eigenvalue weighted by Crippen LogP contribution is 2.29. The van der Waals surface area contributed by atoms with Crippen LogP contribution in [0, 0.1) is 5.92 Å². The fourth-order valence-electron chi connectivity index (χ4n) is 3.37. The Morgan fingerprint density at radius 1 is 1.06 bits per heavy atom. The fraction of sp³-hybridized carbons (Fsp3) is 0.333. The van der Waals surface area contributed by atoms with Gasteiger partial charge in [-0.25, -0.2) is 8.42 Å². The molecular weight excluding hydrogens is 430 g/mol. The van der Waals surface area contributed by atoms with Gasteiger partial charge in [0, 0.05) is 24.6 Å². The van der Waals surface area contributed by atoms with Crippen molar-refractivity contribution in [2.75, 3.05) is 18.4 Å². The van der Waals surface area contributed by atoms with Crippen molar-refractivity contribution in [2.45, 2.75) is 31.3 Å². The third-order valence-electron chi connectivity index (χ3n) is 5.08. The summed E-state index contributed by atoms with van der Waals surface area (Å²) in [5.41, 5.74) is 0.554. The molecule has 0 spiro atoms. The number of ether oxygens (including phenoxy) is 1. The molecule has 31 heavy (non-hydrogen) atoms. The Hall–Kier alpha value is -2.85. The zero-order chi connectivity index (χ0) is 22.6. The molecule has 1 heterocycles. The van der Waals surface area contributed by atoms with E-state index in [1.165, 1.54) is 53.7 Å². The van der Waals surface area contributed by atoms with Crippen LogP contribution < -0.4 is 10.1 Å². The van der Waals surface area contributed by atoms with Crippen molar-refractivity contribution < 1.29 is 31.5 Å². The van der Waals surface area contributed by atoms with Crippen LogP contribution >= 0.6 is 0 Å². The van der Waals surface area contributed by atoms with Crippen LogP contribution in [0.25, 0.3) is 0 Å². The van der Waals surface area contributed by atoms with Gasteiger partial charge in [-0.1, -0.05) is 24.3 Å². The number of nitrogens with one attached hydrogen (secondary N) is 1. The highest BCUT2D eigenvalue weighted by atomic mass is 32.2. The van der Waals surface area contributed by atoms with Gasteiger partial charge in [0.1, 0.15) is 5.75 Å². The highest BCUT2D eigenvalue weighted by molar-refractivity contribution is 7.89. The van der Waals surface area contributed by atoms with Crippen molar-refractivity contribution in [2.24, 2.45) is 5.92 Å². The predicted octanol–water partition coefficient (Wildman–Crippen LogP) is 3.53. The van der Waals surface area contributed by atoms with Gasteiger partial charge < -0.3 is 10.1 Å². The molecule has 2 aromatic rings. The molecule has 1 N–H and O–H groups in total. The van der Waals surface area contributed by atoms with Crippen LogP contribution in [0.15, 0.2) is 53.4 Å². The summed E-state index contributed by atoms with van der Waals surface area (Å²) >= 11 is 0. The maximum atomic E-state index is 12.8. The van der Waals surface area contributed by atoms with Crippen LogP contribution in [-0.2, 0) is 14.8 Å². The van der Waals surface area contributed by atoms with E-state index in [1.54, 1.807) is 6.07 Å². The van der Waals surface area contributed by atoms with Gasteiger partial charge in [-0.15, -0.1) is 0 Å². The third-order valence-corrected chi connectivity index (χ3v) is 7.00. The SMILES string of the molecule is CC(=O)c1ccc(S(=O)(=O)N2CCC(C(=O)Nc3ccccc3OC(F)F)CC2)cc1. The standard InChI is InChI=1S/C21H22F2N2O5S/c1-14(26)15-6-8-17(9-7-15)31(28,29)25-12-10-16(11-13-25)20(27)24-18-4-2-3-5-19(18)30-21(22)23/h2-9,16,21H,10-13H2,1H3,(H,24,27). The number of alkyl halides is 2. The molecule has 166 valence electrons. The number of ketones is 1. The van der Waals surface area contributed by atoms with E-state index in [9.17, 15) is 26.8 Å². The number of carbonyl (C=O) groups is 2. The fourth-order valence-corrected chi connectivity index (χ4v) is 4.84. The van der Waals surface area contributed by atoms with E-state index < -0.39 is 22.6 Å². The number of Topliss-reactive ketones (excluding diaryl/α,β-unsaturated/α-hetero) is 1. The van der Waals surface area contributed by atoms with E-state index in [4.69, 9.17) is 0 Å². The van der Waals surface area contributed by atoms with E-state index in [1.807, 2.05) is 0 Å². The van der Waals surface area contributed by atoms with Gasteiger partial charge in [-0.3, -0.25) is 9.59 Å². The van der Waals surface area contributed by atoms with Crippen molar-refractivity contribution in [3.63, 3.8) is 0 Å². The Balaban J connectivity index is 1.62. The monoisotopic (exact) mass is 452 g/mol. The number of para-hydroxylation sites is 2. The lowest BCUT2D eigenvalue weighted by molar-refractivity contribution is -0.121. The summed E-state index contributed by atoms with van der Waals surface area (Å²) in [5, 5.41) is 2.59. The summed E-state index contributed by atoms with van der Waals surface area (Å²) in [7, 11) is -3.75. The first-order valence-corrected chi connectivity index (χ1v) is 11.1. The van der Waals surface area contributed by atoms with Gasteiger partial charge in [-0.2, -0.15) is 13.1 Å². The Kier molecular flexibility index (Phi) is 7.01. The Labute approximate surface area is 179 Å². The summed E-state index contributed by atoms with van der Waals surface area (Å²) in [4.78, 5) is 24.0. The minimum Gasteiger partial charge on any atom is -0.433 e. The number of hydrogen-bond donors (Lipinski definition) is 1. The molecular formula is C21H22F2N2O5S. The first kappa shape index (κ1) is 22.8. The topological polar surface area (TPSA) is 92.8 Å². The molecule has 0 aromatic heterocycles. The number of hydrogen-bond acceptors (Lipinski definition) is 5. The molecule has 10 heteroatoms. The molecule has 1 amide bonds. The number of nitrogens with zero attached hydrogens (tertiary/aromatic N) is 1. The van der Waals surface area contributed by atoms with E-state index in [0.717, 1.165) is 0 Å². The lowest BCUT2D eigenvalue weighted by Gasteiger charge is -2.30. The summed E-state index contributed by atoms with van der Waals surface area (Å²) in [6.45, 7) is -1.33. The molecule has 1 saturated heterocycles. The molecule has 0 bridgehead atoms. The molecule has 0 saturated carbocycles. The van der Waals surface area contributed by atoms with Crippen LogP contribution in [0.3, 0.4) is 0 Å². The molecule has 3 rings (SSSR count). The van der Waals surface area contributed by atoms with Gasteiger partial charge in [-0.05, 0) is 44.0 Å². The van der Waals surface area contributed by atoms with Crippen LogP contribution in [0.1, 0.15) is 30.1 Å². The molecule has 0 unspecified atom stereocenters. The summed E-state index contributed by atoms with van der Waals surface area (Å²) in [5.74, 6) is -1.14. The Morgan fingerprint density at radius 3 is 2.26 bits per heavy atom. The highest BCUT2D eigenvalue weighted by Gasteiger charge is 2.32. The molecule has 1 aliphatic rings. The Morgan fingerprint density at radius 2 is 1.68 bits per heavy atom. The predicted molar refractivity (Wildman–Crippen MR) is 110 cm³/mol. The van der Waals surface area contributed by atoms with Crippen molar-refractivity contribution >= 4 is 27.4 Å². The first-order valence-electron chi connectivity index (χ1n) is 9.64. The molecule has 7 nitrogen and oxygen atoms in total. The van der Waals surface area contributed by atoms with Crippen molar-refractivity contribution in [1.29, 1.82) is 0 Å². The maximum Gasteiger partial charge on any atom is 0.387 e. The smallest absolute Gasteiger partial charge is 0.387 e. The third kappa shape index (κ3) is 5.45. The van der Waals surface area contributed by atoms with Crippen molar-refractivity contribution in [3.05, 3.63) is 54.1 Å². The summed E-state index contributed by atoms with van der Waals surface area (Å²) in [6, 6.07) is 11.6. The maximum absolute atomic E-state index is 12.8. The van der Waals surface area contributed by atoms with Gasteiger partial charge in [0.05, 0.1) is 10.6 Å². The van der Waals surface area contributed by atoms with Crippen molar-refractivity contribution in [3.8, 4) is 5.75 Å². The second-order valence-electron chi connectivity index (χ2n) is 7.12. The van der Waals surface area contributed by atoms with Crippen LogP contribution in [-0.4, -0.2) is 44.1 Å². The second-order valence-corrected chi connectivity index (χ2v) is 9.06. The summed E-state index contributed by atoms with van der Waals surface area (Å²) < 4.78 is 56.5. The average molecular weight is 452 g/mol. The second kappa shape index (κ2) is 9.52. The molecule has 0 atom stereocenters. The minimum absolute atomic E-state index is 0.0819. The van der Waals surface area contributed by atoms with Gasteiger partial charge in [0.2, 0.25) is 15.9 Å². The number of rotatable bonds is 7. The number of piperidine rings is 1. The lowest BCUT2D eigenvalue weighted by atomic mass is 9.97. The molecule has 2 aromatic carbocycles. The average Bonchev–Trinajstić information content (AvgIpc) is 2.75. The van der Waals surface area contributed by atoms with Crippen LogP contribution in [0.2, 0.25) is 0 Å². The normalized spacial score (nSPS) is 15.6. The zero-order valence-corrected chi connectivity index (χ0v) is 17.6. The Bertz CT molecular complexity index is 1050.